The summed E-state index contributed by atoms with van der Waals surface area (Å²) in [7, 11) is -3.43. The highest BCUT2D eigenvalue weighted by atomic mass is 32.2. The molecule has 0 radical (unpaired) electrons. The summed E-state index contributed by atoms with van der Waals surface area (Å²) in [6, 6.07) is 5.17. The number of pyridine rings is 1. The molecule has 0 aromatic carbocycles. The number of rotatable bonds is 6. The Kier molecular flexibility index (Phi) is 4.59. The van der Waals surface area contributed by atoms with Gasteiger partial charge in [-0.2, -0.15) is 4.31 Å². The number of carbonyl (C=O) groups is 1. The molecule has 1 aromatic rings. The summed E-state index contributed by atoms with van der Waals surface area (Å²) < 4.78 is 24.0. The quantitative estimate of drug-likeness (QED) is 0.793. The Morgan fingerprint density at radius 2 is 2.18 bits per heavy atom. The van der Waals surface area contributed by atoms with Gasteiger partial charge in [0.15, 0.2) is 0 Å². The van der Waals surface area contributed by atoms with E-state index in [0.717, 1.165) is 10.6 Å². The van der Waals surface area contributed by atoms with E-state index in [1.165, 1.54) is 0 Å². The van der Waals surface area contributed by atoms with Gasteiger partial charge in [0.25, 0.3) is 0 Å². The first-order valence-corrected chi connectivity index (χ1v) is 6.81. The van der Waals surface area contributed by atoms with E-state index in [2.05, 4.69) is 4.98 Å². The first kappa shape index (κ1) is 13.6. The van der Waals surface area contributed by atoms with Crippen LogP contribution in [0.4, 0.5) is 0 Å². The van der Waals surface area contributed by atoms with Crippen LogP contribution in [0.2, 0.25) is 0 Å². The minimum absolute atomic E-state index is 0.0509. The van der Waals surface area contributed by atoms with Gasteiger partial charge in [0.1, 0.15) is 0 Å². The van der Waals surface area contributed by atoms with Gasteiger partial charge in [-0.05, 0) is 12.1 Å². The summed E-state index contributed by atoms with van der Waals surface area (Å²) in [6.07, 6.45) is 2.39. The van der Waals surface area contributed by atoms with E-state index < -0.39 is 16.0 Å². The molecule has 0 bridgehead atoms. The van der Waals surface area contributed by atoms with E-state index in [-0.39, 0.29) is 19.5 Å². The minimum Gasteiger partial charge on any atom is -0.481 e. The lowest BCUT2D eigenvalue weighted by molar-refractivity contribution is -0.137. The molecule has 0 unspecified atom stereocenters. The zero-order valence-corrected chi connectivity index (χ0v) is 10.2. The number of nitrogens with zero attached hydrogens (tertiary/aromatic N) is 2. The maximum Gasteiger partial charge on any atom is 0.304 e. The summed E-state index contributed by atoms with van der Waals surface area (Å²) in [5.74, 6) is -1.03. The molecule has 0 spiro atoms. The van der Waals surface area contributed by atoms with Crippen molar-refractivity contribution in [3.05, 3.63) is 30.1 Å². The van der Waals surface area contributed by atoms with Gasteiger partial charge in [0, 0.05) is 12.7 Å². The van der Waals surface area contributed by atoms with Crippen molar-refractivity contribution in [1.82, 2.24) is 9.29 Å². The molecule has 6 nitrogen and oxygen atoms in total. The van der Waals surface area contributed by atoms with E-state index in [9.17, 15) is 13.2 Å². The average molecular weight is 258 g/mol. The first-order valence-electron chi connectivity index (χ1n) is 4.96. The van der Waals surface area contributed by atoms with Gasteiger partial charge in [-0.1, -0.05) is 6.07 Å². The number of carboxylic acids is 1. The Morgan fingerprint density at radius 1 is 1.47 bits per heavy atom. The van der Waals surface area contributed by atoms with E-state index in [0.29, 0.717) is 5.69 Å². The van der Waals surface area contributed by atoms with Crippen LogP contribution in [0.5, 0.6) is 0 Å². The fraction of sp³-hybridized carbons (Fsp3) is 0.400. The number of carboxylic acid groups (broad SMARTS) is 1. The number of hydrogen-bond acceptors (Lipinski definition) is 4. The smallest absolute Gasteiger partial charge is 0.304 e. The topological polar surface area (TPSA) is 87.6 Å². The van der Waals surface area contributed by atoms with E-state index in [1.807, 2.05) is 0 Å². The van der Waals surface area contributed by atoms with Crippen LogP contribution in [0.25, 0.3) is 0 Å². The summed E-state index contributed by atoms with van der Waals surface area (Å²) in [5.41, 5.74) is 0.586. The average Bonchev–Trinajstić information content (AvgIpc) is 2.23. The van der Waals surface area contributed by atoms with Crippen LogP contribution in [0.1, 0.15) is 12.1 Å². The van der Waals surface area contributed by atoms with Crippen molar-refractivity contribution in [3.8, 4) is 0 Å². The third-order valence-corrected chi connectivity index (χ3v) is 3.36. The van der Waals surface area contributed by atoms with Gasteiger partial charge in [-0.25, -0.2) is 8.42 Å². The number of sulfonamides is 1. The molecule has 0 saturated carbocycles. The molecule has 1 heterocycles. The molecule has 0 aliphatic rings. The maximum atomic E-state index is 11.5. The van der Waals surface area contributed by atoms with Gasteiger partial charge in [0.2, 0.25) is 10.0 Å². The van der Waals surface area contributed by atoms with Gasteiger partial charge in [0.05, 0.1) is 24.9 Å². The Balaban J connectivity index is 2.75. The van der Waals surface area contributed by atoms with Crippen LogP contribution in [-0.4, -0.2) is 41.6 Å². The molecule has 94 valence electrons. The third kappa shape index (κ3) is 4.92. The minimum atomic E-state index is -3.43. The third-order valence-electron chi connectivity index (χ3n) is 2.11. The molecule has 0 aliphatic heterocycles. The lowest BCUT2D eigenvalue weighted by Crippen LogP contribution is -2.31. The van der Waals surface area contributed by atoms with Crippen LogP contribution in [0.3, 0.4) is 0 Å². The van der Waals surface area contributed by atoms with Crippen LogP contribution < -0.4 is 0 Å². The predicted molar refractivity (Wildman–Crippen MR) is 61.7 cm³/mol. The highest BCUT2D eigenvalue weighted by Crippen LogP contribution is 2.06. The van der Waals surface area contributed by atoms with E-state index in [1.54, 1.807) is 24.4 Å². The van der Waals surface area contributed by atoms with E-state index >= 15 is 0 Å². The van der Waals surface area contributed by atoms with Crippen molar-refractivity contribution in [1.29, 1.82) is 0 Å². The molecule has 0 fully saturated rings. The van der Waals surface area contributed by atoms with Crippen molar-refractivity contribution in [2.45, 2.75) is 13.0 Å². The molecule has 1 rings (SSSR count). The fourth-order valence-corrected chi connectivity index (χ4v) is 2.04. The Morgan fingerprint density at radius 3 is 2.65 bits per heavy atom. The Bertz CT molecular complexity index is 472. The maximum absolute atomic E-state index is 11.5. The zero-order valence-electron chi connectivity index (χ0n) is 9.41. The second-order valence-corrected chi connectivity index (χ2v) is 5.54. The molecule has 1 N–H and O–H groups in total. The SMILES string of the molecule is CS(=O)(=O)N(CCC(=O)O)Cc1ccccn1. The summed E-state index contributed by atoms with van der Waals surface area (Å²) in [4.78, 5) is 14.5. The predicted octanol–water partition coefficient (Wildman–Crippen LogP) is 0.318. The van der Waals surface area contributed by atoms with Crippen molar-refractivity contribution >= 4 is 16.0 Å². The second-order valence-electron chi connectivity index (χ2n) is 3.56. The van der Waals surface area contributed by atoms with Crippen molar-refractivity contribution in [2.24, 2.45) is 0 Å². The molecule has 1 aromatic heterocycles. The lowest BCUT2D eigenvalue weighted by Gasteiger charge is -2.18. The van der Waals surface area contributed by atoms with Gasteiger partial charge >= 0.3 is 5.97 Å². The summed E-state index contributed by atoms with van der Waals surface area (Å²) in [6.45, 7) is 0.0394. The molecule has 0 aliphatic carbocycles. The van der Waals surface area contributed by atoms with Gasteiger partial charge in [-0.15, -0.1) is 0 Å². The van der Waals surface area contributed by atoms with E-state index in [4.69, 9.17) is 5.11 Å². The molecule has 0 amide bonds. The number of aliphatic carboxylic acids is 1. The Hall–Kier alpha value is -1.47. The van der Waals surface area contributed by atoms with Crippen LogP contribution >= 0.6 is 0 Å². The molecule has 17 heavy (non-hydrogen) atoms. The van der Waals surface area contributed by atoms with Crippen LogP contribution in [0.15, 0.2) is 24.4 Å². The normalized spacial score (nSPS) is 11.6. The number of aromatic nitrogens is 1. The van der Waals surface area contributed by atoms with Crippen LogP contribution in [0, 0.1) is 0 Å². The number of hydrogen-bond donors (Lipinski definition) is 1. The molecule has 0 atom stereocenters. The zero-order chi connectivity index (χ0) is 12.9. The summed E-state index contributed by atoms with van der Waals surface area (Å²) in [5, 5.41) is 8.56. The molecular formula is C10H14N2O4S. The lowest BCUT2D eigenvalue weighted by atomic mass is 10.3. The second kappa shape index (κ2) is 5.74. The molecule has 0 saturated heterocycles. The summed E-state index contributed by atoms with van der Waals surface area (Å²) >= 11 is 0. The van der Waals surface area contributed by atoms with Gasteiger partial charge < -0.3 is 5.11 Å². The molecule has 7 heteroatoms. The van der Waals surface area contributed by atoms with Gasteiger partial charge in [-0.3, -0.25) is 9.78 Å². The largest absolute Gasteiger partial charge is 0.481 e. The highest BCUT2D eigenvalue weighted by molar-refractivity contribution is 7.88. The Labute approximate surface area is 100.0 Å². The monoisotopic (exact) mass is 258 g/mol. The standard InChI is InChI=1S/C10H14N2O4S/c1-17(15,16)12(7-5-10(13)14)8-9-4-2-3-6-11-9/h2-4,6H,5,7-8H2,1H3,(H,13,14). The van der Waals surface area contributed by atoms with Crippen molar-refractivity contribution < 1.29 is 18.3 Å². The highest BCUT2D eigenvalue weighted by Gasteiger charge is 2.18. The molecular weight excluding hydrogens is 244 g/mol. The van der Waals surface area contributed by atoms with Crippen LogP contribution in [-0.2, 0) is 21.4 Å². The van der Waals surface area contributed by atoms with Crippen molar-refractivity contribution in [3.63, 3.8) is 0 Å². The van der Waals surface area contributed by atoms with Crippen molar-refractivity contribution in [2.75, 3.05) is 12.8 Å². The fourth-order valence-electron chi connectivity index (χ4n) is 1.25. The first-order chi connectivity index (χ1) is 7.89.